The molecule has 0 aromatic heterocycles. The molecule has 0 radical (unpaired) electrons. The molecule has 3 N–H and O–H groups in total. The summed E-state index contributed by atoms with van der Waals surface area (Å²) < 4.78 is 5.02. The number of rotatable bonds is 4. The third-order valence-corrected chi connectivity index (χ3v) is 3.08. The Balaban J connectivity index is 2.26. The normalized spacial score (nSPS) is 10.0. The van der Waals surface area contributed by atoms with Crippen LogP contribution in [0.5, 0.6) is 5.75 Å². The lowest BCUT2D eigenvalue weighted by Gasteiger charge is -2.10. The van der Waals surface area contributed by atoms with E-state index in [0.29, 0.717) is 16.3 Å². The lowest BCUT2D eigenvalue weighted by atomic mass is 10.1. The molecule has 5 nitrogen and oxygen atoms in total. The number of nitrogens with one attached hydrogen (secondary N) is 1. The molecule has 0 saturated heterocycles. The summed E-state index contributed by atoms with van der Waals surface area (Å²) in [6.07, 6.45) is 0. The first-order valence-corrected chi connectivity index (χ1v) is 6.44. The molecule has 0 aliphatic heterocycles. The summed E-state index contributed by atoms with van der Waals surface area (Å²) in [6, 6.07) is 11.0. The molecule has 6 heteroatoms. The van der Waals surface area contributed by atoms with Gasteiger partial charge in [-0.1, -0.05) is 11.6 Å². The van der Waals surface area contributed by atoms with Crippen molar-refractivity contribution in [3.8, 4) is 5.75 Å². The third-order valence-electron chi connectivity index (χ3n) is 2.85. The molecular weight excluding hydrogens is 292 g/mol. The Hall–Kier alpha value is -2.53. The zero-order valence-electron chi connectivity index (χ0n) is 11.2. The van der Waals surface area contributed by atoms with Crippen molar-refractivity contribution in [1.82, 2.24) is 0 Å². The number of ether oxygens (including phenoxy) is 1. The molecule has 2 amide bonds. The SMILES string of the molecule is COc1ccc(C(=O)Nc2cc(Cl)ccc2C(N)=O)cc1. The predicted octanol–water partition coefficient (Wildman–Crippen LogP) is 2.70. The van der Waals surface area contributed by atoms with Gasteiger partial charge in [-0.15, -0.1) is 0 Å². The van der Waals surface area contributed by atoms with Crippen molar-refractivity contribution in [3.63, 3.8) is 0 Å². The van der Waals surface area contributed by atoms with Gasteiger partial charge in [0.15, 0.2) is 0 Å². The smallest absolute Gasteiger partial charge is 0.255 e. The molecular formula is C15H13ClN2O3. The molecule has 21 heavy (non-hydrogen) atoms. The van der Waals surface area contributed by atoms with E-state index in [-0.39, 0.29) is 17.2 Å². The van der Waals surface area contributed by atoms with E-state index in [9.17, 15) is 9.59 Å². The molecule has 0 heterocycles. The van der Waals surface area contributed by atoms with Crippen molar-refractivity contribution in [3.05, 3.63) is 58.6 Å². The van der Waals surface area contributed by atoms with Crippen LogP contribution in [0.1, 0.15) is 20.7 Å². The van der Waals surface area contributed by atoms with E-state index in [1.807, 2.05) is 0 Å². The fourth-order valence-electron chi connectivity index (χ4n) is 1.77. The number of nitrogens with two attached hydrogens (primary N) is 1. The van der Waals surface area contributed by atoms with E-state index < -0.39 is 5.91 Å². The van der Waals surface area contributed by atoms with Gasteiger partial charge in [0.2, 0.25) is 0 Å². The number of halogens is 1. The molecule has 0 aliphatic carbocycles. The Bertz CT molecular complexity index is 684. The fraction of sp³-hybridized carbons (Fsp3) is 0.0667. The maximum absolute atomic E-state index is 12.2. The zero-order chi connectivity index (χ0) is 15.4. The number of methoxy groups -OCH3 is 1. The van der Waals surface area contributed by atoms with Gasteiger partial charge in [0.25, 0.3) is 11.8 Å². The van der Waals surface area contributed by atoms with Crippen LogP contribution in [0.2, 0.25) is 5.02 Å². The summed E-state index contributed by atoms with van der Waals surface area (Å²) >= 11 is 5.87. The van der Waals surface area contributed by atoms with Crippen LogP contribution in [-0.4, -0.2) is 18.9 Å². The first-order valence-electron chi connectivity index (χ1n) is 6.06. The van der Waals surface area contributed by atoms with E-state index in [1.54, 1.807) is 31.4 Å². The number of primary amides is 1. The van der Waals surface area contributed by atoms with Gasteiger partial charge in [0.1, 0.15) is 5.75 Å². The minimum atomic E-state index is -0.642. The average molecular weight is 305 g/mol. The van der Waals surface area contributed by atoms with E-state index in [2.05, 4.69) is 5.32 Å². The number of amides is 2. The summed E-state index contributed by atoms with van der Waals surface area (Å²) in [4.78, 5) is 23.5. The Morgan fingerprint density at radius 2 is 1.81 bits per heavy atom. The standard InChI is InChI=1S/C15H13ClN2O3/c1-21-11-5-2-9(3-6-11)15(20)18-13-8-10(16)4-7-12(13)14(17)19/h2-8H,1H3,(H2,17,19)(H,18,20). The van der Waals surface area contributed by atoms with Gasteiger partial charge in [-0.2, -0.15) is 0 Å². The summed E-state index contributed by atoms with van der Waals surface area (Å²) in [6.45, 7) is 0. The number of carbonyl (C=O) groups is 2. The predicted molar refractivity (Wildman–Crippen MR) is 80.9 cm³/mol. The Labute approximate surface area is 126 Å². The van der Waals surface area contributed by atoms with Gasteiger partial charge >= 0.3 is 0 Å². The van der Waals surface area contributed by atoms with E-state index >= 15 is 0 Å². The Kier molecular flexibility index (Phi) is 4.45. The molecule has 0 unspecified atom stereocenters. The van der Waals surface area contributed by atoms with Gasteiger partial charge < -0.3 is 15.8 Å². The maximum atomic E-state index is 12.2. The molecule has 0 aliphatic rings. The van der Waals surface area contributed by atoms with E-state index in [0.717, 1.165) is 0 Å². The lowest BCUT2D eigenvalue weighted by molar-refractivity contribution is 0.100. The largest absolute Gasteiger partial charge is 0.497 e. The molecule has 0 saturated carbocycles. The average Bonchev–Trinajstić information content (AvgIpc) is 2.47. The summed E-state index contributed by atoms with van der Waals surface area (Å²) in [5, 5.41) is 3.01. The van der Waals surface area contributed by atoms with Crippen LogP contribution >= 0.6 is 11.6 Å². The van der Waals surface area contributed by atoms with Gasteiger partial charge in [0.05, 0.1) is 18.4 Å². The number of carbonyl (C=O) groups excluding carboxylic acids is 2. The van der Waals surface area contributed by atoms with Crippen LogP contribution in [0.25, 0.3) is 0 Å². The van der Waals surface area contributed by atoms with Crippen molar-refractivity contribution in [2.24, 2.45) is 5.73 Å². The Morgan fingerprint density at radius 3 is 2.38 bits per heavy atom. The molecule has 2 rings (SSSR count). The highest BCUT2D eigenvalue weighted by molar-refractivity contribution is 6.31. The first-order chi connectivity index (χ1) is 10.0. The molecule has 108 valence electrons. The molecule has 0 spiro atoms. The number of anilines is 1. The minimum Gasteiger partial charge on any atom is -0.497 e. The molecule has 0 fully saturated rings. The van der Waals surface area contributed by atoms with Crippen LogP contribution in [0.3, 0.4) is 0 Å². The van der Waals surface area contributed by atoms with Crippen molar-refractivity contribution in [2.75, 3.05) is 12.4 Å². The van der Waals surface area contributed by atoms with Gasteiger partial charge in [0, 0.05) is 10.6 Å². The maximum Gasteiger partial charge on any atom is 0.255 e. The summed E-state index contributed by atoms with van der Waals surface area (Å²) in [5.41, 5.74) is 6.16. The van der Waals surface area contributed by atoms with Crippen molar-refractivity contribution < 1.29 is 14.3 Å². The first kappa shape index (κ1) is 14.9. The third kappa shape index (κ3) is 3.52. The molecule has 0 bridgehead atoms. The van der Waals surface area contributed by atoms with E-state index in [4.69, 9.17) is 22.1 Å². The monoisotopic (exact) mass is 304 g/mol. The number of hydrogen-bond acceptors (Lipinski definition) is 3. The quantitative estimate of drug-likeness (QED) is 0.911. The summed E-state index contributed by atoms with van der Waals surface area (Å²) in [5.74, 6) is -0.369. The second-order valence-corrected chi connectivity index (χ2v) is 4.67. The minimum absolute atomic E-state index is 0.196. The van der Waals surface area contributed by atoms with Crippen molar-refractivity contribution >= 4 is 29.1 Å². The second-order valence-electron chi connectivity index (χ2n) is 4.24. The van der Waals surface area contributed by atoms with Crippen LogP contribution in [0.4, 0.5) is 5.69 Å². The van der Waals surface area contributed by atoms with E-state index in [1.165, 1.54) is 18.2 Å². The van der Waals surface area contributed by atoms with Gasteiger partial charge in [-0.05, 0) is 42.5 Å². The van der Waals surface area contributed by atoms with Crippen LogP contribution in [0, 0.1) is 0 Å². The van der Waals surface area contributed by atoms with Crippen LogP contribution in [-0.2, 0) is 0 Å². The Morgan fingerprint density at radius 1 is 1.14 bits per heavy atom. The van der Waals surface area contributed by atoms with Crippen molar-refractivity contribution in [1.29, 1.82) is 0 Å². The van der Waals surface area contributed by atoms with Crippen LogP contribution < -0.4 is 15.8 Å². The molecule has 2 aromatic rings. The van der Waals surface area contributed by atoms with Crippen molar-refractivity contribution in [2.45, 2.75) is 0 Å². The number of hydrogen-bond donors (Lipinski definition) is 2. The molecule has 2 aromatic carbocycles. The van der Waals surface area contributed by atoms with Gasteiger partial charge in [-0.25, -0.2) is 0 Å². The fourth-order valence-corrected chi connectivity index (χ4v) is 1.94. The number of benzene rings is 2. The second kappa shape index (κ2) is 6.28. The highest BCUT2D eigenvalue weighted by atomic mass is 35.5. The zero-order valence-corrected chi connectivity index (χ0v) is 12.0. The lowest BCUT2D eigenvalue weighted by Crippen LogP contribution is -2.18. The van der Waals surface area contributed by atoms with Crippen LogP contribution in [0.15, 0.2) is 42.5 Å². The topological polar surface area (TPSA) is 81.4 Å². The summed E-state index contributed by atoms with van der Waals surface area (Å²) in [7, 11) is 1.54. The van der Waals surface area contributed by atoms with Gasteiger partial charge in [-0.3, -0.25) is 9.59 Å². The highest BCUT2D eigenvalue weighted by Crippen LogP contribution is 2.22. The molecule has 0 atom stereocenters. The highest BCUT2D eigenvalue weighted by Gasteiger charge is 2.13.